The Labute approximate surface area is 108 Å². The molecule has 1 aromatic rings. The second-order valence-corrected chi connectivity index (χ2v) is 5.58. The van der Waals surface area contributed by atoms with Gasteiger partial charge in [0.15, 0.2) is 5.82 Å². The third-order valence-corrected chi connectivity index (χ3v) is 3.72. The van der Waals surface area contributed by atoms with Gasteiger partial charge in [-0.1, -0.05) is 0 Å². The van der Waals surface area contributed by atoms with Crippen LogP contribution in [-0.2, 0) is 13.5 Å². The summed E-state index contributed by atoms with van der Waals surface area (Å²) in [6.45, 7) is 6.41. The van der Waals surface area contributed by atoms with E-state index in [1.165, 1.54) is 4.80 Å². The molecule has 1 saturated heterocycles. The molecule has 0 aliphatic carbocycles. The Morgan fingerprint density at radius 3 is 2.72 bits per heavy atom. The predicted molar refractivity (Wildman–Crippen MR) is 68.0 cm³/mol. The summed E-state index contributed by atoms with van der Waals surface area (Å²) in [5.74, 6) is 0.637. The van der Waals surface area contributed by atoms with Crippen LogP contribution in [0.3, 0.4) is 0 Å². The summed E-state index contributed by atoms with van der Waals surface area (Å²) < 4.78 is 0. The summed E-state index contributed by atoms with van der Waals surface area (Å²) in [6.07, 6.45) is 3.12. The first kappa shape index (κ1) is 13.4. The second kappa shape index (κ2) is 5.32. The van der Waals surface area contributed by atoms with E-state index in [9.17, 15) is 5.11 Å². The van der Waals surface area contributed by atoms with E-state index >= 15 is 0 Å². The maximum Gasteiger partial charge on any atom is 0.177 e. The largest absolute Gasteiger partial charge is 0.389 e. The molecule has 1 aromatic heterocycles. The predicted octanol–water partition coefficient (Wildman–Crippen LogP) is 0.378. The van der Waals surface area contributed by atoms with Crippen molar-refractivity contribution in [3.8, 4) is 0 Å². The summed E-state index contributed by atoms with van der Waals surface area (Å²) in [6, 6.07) is 0.544. The lowest BCUT2D eigenvalue weighted by atomic mass is 9.91. The molecular formula is C12H23N5O. The van der Waals surface area contributed by atoms with E-state index < -0.39 is 5.60 Å². The smallest absolute Gasteiger partial charge is 0.177 e. The van der Waals surface area contributed by atoms with Crippen LogP contribution in [0.5, 0.6) is 0 Å². The van der Waals surface area contributed by atoms with Crippen molar-refractivity contribution in [3.05, 3.63) is 5.82 Å². The van der Waals surface area contributed by atoms with Crippen molar-refractivity contribution < 1.29 is 5.11 Å². The lowest BCUT2D eigenvalue weighted by molar-refractivity contribution is 0.0230. The molecule has 18 heavy (non-hydrogen) atoms. The summed E-state index contributed by atoms with van der Waals surface area (Å²) in [5, 5.41) is 22.6. The molecule has 0 spiro atoms. The fourth-order valence-electron chi connectivity index (χ4n) is 2.58. The number of aryl methyl sites for hydroxylation is 1. The normalized spacial score (nSPS) is 26.5. The van der Waals surface area contributed by atoms with E-state index in [0.29, 0.717) is 18.3 Å². The number of likely N-dealkylation sites (tertiary alicyclic amines) is 1. The average molecular weight is 253 g/mol. The number of aromatic nitrogens is 4. The van der Waals surface area contributed by atoms with E-state index in [2.05, 4.69) is 34.2 Å². The van der Waals surface area contributed by atoms with Crippen LogP contribution in [0.2, 0.25) is 0 Å². The van der Waals surface area contributed by atoms with E-state index in [1.54, 1.807) is 7.05 Å². The van der Waals surface area contributed by atoms with Crippen molar-refractivity contribution in [3.63, 3.8) is 0 Å². The zero-order chi connectivity index (χ0) is 13.2. The number of nitrogens with zero attached hydrogens (tertiary/aromatic N) is 5. The molecule has 1 aliphatic heterocycles. The number of rotatable bonds is 3. The fraction of sp³-hybridized carbons (Fsp3) is 0.917. The Balaban J connectivity index is 1.98. The van der Waals surface area contributed by atoms with Crippen LogP contribution in [0.15, 0.2) is 0 Å². The number of hydrogen-bond donors (Lipinski definition) is 1. The monoisotopic (exact) mass is 253 g/mol. The minimum absolute atomic E-state index is 0.507. The molecule has 1 atom stereocenters. The van der Waals surface area contributed by atoms with Gasteiger partial charge in [-0.3, -0.25) is 0 Å². The zero-order valence-electron chi connectivity index (χ0n) is 11.5. The van der Waals surface area contributed by atoms with Crippen molar-refractivity contribution in [2.45, 2.75) is 51.2 Å². The Morgan fingerprint density at radius 2 is 2.11 bits per heavy atom. The van der Waals surface area contributed by atoms with E-state index in [-0.39, 0.29) is 0 Å². The van der Waals surface area contributed by atoms with Gasteiger partial charge < -0.3 is 10.0 Å². The molecule has 6 nitrogen and oxygen atoms in total. The van der Waals surface area contributed by atoms with Crippen molar-refractivity contribution in [1.29, 1.82) is 0 Å². The SMILES string of the molecule is CC(C)N1CCCC(O)(Cc2nnn(C)n2)CC1. The van der Waals surface area contributed by atoms with E-state index in [0.717, 1.165) is 32.4 Å². The summed E-state index contributed by atoms with van der Waals surface area (Å²) in [5.41, 5.74) is -0.674. The third-order valence-electron chi connectivity index (χ3n) is 3.72. The van der Waals surface area contributed by atoms with Gasteiger partial charge in [-0.2, -0.15) is 4.80 Å². The molecule has 1 aliphatic rings. The maximum atomic E-state index is 10.7. The molecule has 1 unspecified atom stereocenters. The topological polar surface area (TPSA) is 67.1 Å². The molecule has 6 heteroatoms. The fourth-order valence-corrected chi connectivity index (χ4v) is 2.58. The molecule has 0 radical (unpaired) electrons. The van der Waals surface area contributed by atoms with Crippen LogP contribution >= 0.6 is 0 Å². The standard InChI is InChI=1S/C12H23N5O/c1-10(2)17-7-4-5-12(18,6-8-17)9-11-13-15-16(3)14-11/h10,18H,4-9H2,1-3H3. The zero-order valence-corrected chi connectivity index (χ0v) is 11.5. The van der Waals surface area contributed by atoms with Crippen molar-refractivity contribution in [2.75, 3.05) is 13.1 Å². The van der Waals surface area contributed by atoms with E-state index in [1.807, 2.05) is 0 Å². The van der Waals surface area contributed by atoms with Crippen LogP contribution in [0.1, 0.15) is 38.9 Å². The van der Waals surface area contributed by atoms with Crippen LogP contribution in [0, 0.1) is 0 Å². The summed E-state index contributed by atoms with van der Waals surface area (Å²) >= 11 is 0. The minimum atomic E-state index is -0.674. The molecule has 102 valence electrons. The first-order chi connectivity index (χ1) is 8.48. The highest BCUT2D eigenvalue weighted by Crippen LogP contribution is 2.26. The van der Waals surface area contributed by atoms with Crippen molar-refractivity contribution in [2.24, 2.45) is 7.05 Å². The van der Waals surface area contributed by atoms with Crippen molar-refractivity contribution in [1.82, 2.24) is 25.1 Å². The quantitative estimate of drug-likeness (QED) is 0.843. The van der Waals surface area contributed by atoms with Crippen LogP contribution < -0.4 is 0 Å². The number of hydrogen-bond acceptors (Lipinski definition) is 5. The van der Waals surface area contributed by atoms with Crippen molar-refractivity contribution >= 4 is 0 Å². The molecule has 2 rings (SSSR count). The molecular weight excluding hydrogens is 230 g/mol. The first-order valence-corrected chi connectivity index (χ1v) is 6.68. The van der Waals surface area contributed by atoms with E-state index in [4.69, 9.17) is 0 Å². The first-order valence-electron chi connectivity index (χ1n) is 6.68. The summed E-state index contributed by atoms with van der Waals surface area (Å²) in [4.78, 5) is 3.86. The molecule has 0 bridgehead atoms. The van der Waals surface area contributed by atoms with Gasteiger partial charge in [0, 0.05) is 19.0 Å². The Morgan fingerprint density at radius 1 is 1.33 bits per heavy atom. The van der Waals surface area contributed by atoms with Gasteiger partial charge in [-0.25, -0.2) is 0 Å². The molecule has 2 heterocycles. The van der Waals surface area contributed by atoms with Gasteiger partial charge >= 0.3 is 0 Å². The lowest BCUT2D eigenvalue weighted by Gasteiger charge is -2.27. The number of tetrazole rings is 1. The molecule has 1 fully saturated rings. The molecule has 1 N–H and O–H groups in total. The van der Waals surface area contributed by atoms with Crippen LogP contribution in [0.25, 0.3) is 0 Å². The highest BCUT2D eigenvalue weighted by atomic mass is 16.3. The lowest BCUT2D eigenvalue weighted by Crippen LogP contribution is -2.36. The van der Waals surface area contributed by atoms with Gasteiger partial charge in [0.25, 0.3) is 0 Å². The summed E-state index contributed by atoms with van der Waals surface area (Å²) in [7, 11) is 1.74. The van der Waals surface area contributed by atoms with Gasteiger partial charge in [-0.15, -0.1) is 10.2 Å². The number of aliphatic hydroxyl groups is 1. The third kappa shape index (κ3) is 3.26. The van der Waals surface area contributed by atoms with Crippen LogP contribution in [0.4, 0.5) is 0 Å². The average Bonchev–Trinajstić information content (AvgIpc) is 2.58. The second-order valence-electron chi connectivity index (χ2n) is 5.58. The van der Waals surface area contributed by atoms with Gasteiger partial charge in [0.1, 0.15) is 0 Å². The highest BCUT2D eigenvalue weighted by Gasteiger charge is 2.32. The Hall–Kier alpha value is -1.01. The minimum Gasteiger partial charge on any atom is -0.389 e. The van der Waals surface area contributed by atoms with Crippen LogP contribution in [-0.4, -0.2) is 54.9 Å². The maximum absolute atomic E-state index is 10.7. The van der Waals surface area contributed by atoms with Gasteiger partial charge in [0.2, 0.25) is 0 Å². The Bertz CT molecular complexity index is 392. The molecule has 0 aromatic carbocycles. The van der Waals surface area contributed by atoms with Gasteiger partial charge in [-0.05, 0) is 44.9 Å². The molecule has 0 saturated carbocycles. The Kier molecular flexibility index (Phi) is 3.97. The molecule has 0 amide bonds. The highest BCUT2D eigenvalue weighted by molar-refractivity contribution is 4.93. The van der Waals surface area contributed by atoms with Gasteiger partial charge in [0.05, 0.1) is 12.6 Å².